The van der Waals surface area contributed by atoms with Crippen LogP contribution in [0.15, 0.2) is 41.5 Å². The van der Waals surface area contributed by atoms with Crippen molar-refractivity contribution in [3.63, 3.8) is 0 Å². The lowest BCUT2D eigenvalue weighted by molar-refractivity contribution is 0.816. The van der Waals surface area contributed by atoms with E-state index in [4.69, 9.17) is 12.2 Å². The largest absolute Gasteiger partial charge is 0.361 e. The number of nitrogens with zero attached hydrogens (tertiary/aromatic N) is 2. The summed E-state index contributed by atoms with van der Waals surface area (Å²) in [5.74, 6) is 0. The maximum Gasteiger partial charge on any atom is 0.186 e. The number of rotatable bonds is 4. The van der Waals surface area contributed by atoms with Crippen LogP contribution >= 0.6 is 12.2 Å². The minimum atomic E-state index is 0.534. The number of pyridine rings is 1. The molecular weight excluding hydrogens is 268 g/mol. The molecule has 0 atom stereocenters. The summed E-state index contributed by atoms with van der Waals surface area (Å²) in [4.78, 5) is 4.58. The number of aromatic nitrogens is 1. The fourth-order valence-electron chi connectivity index (χ4n) is 1.74. The molecular formula is C15H18N4S. The molecule has 5 heteroatoms. The number of nitrogens with one attached hydrogen (secondary N) is 2. The van der Waals surface area contributed by atoms with Gasteiger partial charge in [-0.25, -0.2) is 4.98 Å². The van der Waals surface area contributed by atoms with Crippen LogP contribution in [0.3, 0.4) is 0 Å². The lowest BCUT2D eigenvalue weighted by Gasteiger charge is -2.07. The Hall–Kier alpha value is -2.01. The highest BCUT2D eigenvalue weighted by Crippen LogP contribution is 2.12. The van der Waals surface area contributed by atoms with Crippen molar-refractivity contribution in [1.82, 2.24) is 15.7 Å². The summed E-state index contributed by atoms with van der Waals surface area (Å²) in [6.07, 6.45) is 1.02. The second-order valence-corrected chi connectivity index (χ2v) is 4.86. The summed E-state index contributed by atoms with van der Waals surface area (Å²) < 4.78 is 0. The van der Waals surface area contributed by atoms with Gasteiger partial charge in [-0.05, 0) is 37.7 Å². The Balaban J connectivity index is 2.10. The molecule has 0 radical (unpaired) electrons. The molecule has 2 rings (SSSR count). The van der Waals surface area contributed by atoms with Crippen LogP contribution in [-0.4, -0.2) is 22.4 Å². The first kappa shape index (κ1) is 14.4. The van der Waals surface area contributed by atoms with Crippen LogP contribution in [0.25, 0.3) is 10.9 Å². The molecule has 0 saturated heterocycles. The number of hydrogen-bond donors (Lipinski definition) is 2. The molecule has 0 unspecified atom stereocenters. The average Bonchev–Trinajstić information content (AvgIpc) is 2.50. The lowest BCUT2D eigenvalue weighted by atomic mass is 10.2. The fourth-order valence-corrected chi connectivity index (χ4v) is 1.89. The van der Waals surface area contributed by atoms with Gasteiger partial charge in [0.1, 0.15) is 0 Å². The first-order valence-corrected chi connectivity index (χ1v) is 7.06. The van der Waals surface area contributed by atoms with Crippen molar-refractivity contribution in [2.24, 2.45) is 5.10 Å². The van der Waals surface area contributed by atoms with Gasteiger partial charge in [-0.1, -0.05) is 31.2 Å². The predicted octanol–water partition coefficient (Wildman–Crippen LogP) is 2.83. The van der Waals surface area contributed by atoms with E-state index in [2.05, 4.69) is 27.8 Å². The van der Waals surface area contributed by atoms with Crippen LogP contribution in [0.4, 0.5) is 0 Å². The van der Waals surface area contributed by atoms with Crippen LogP contribution in [0.5, 0.6) is 0 Å². The van der Waals surface area contributed by atoms with Gasteiger partial charge < -0.3 is 5.32 Å². The van der Waals surface area contributed by atoms with Crippen LogP contribution in [-0.2, 0) is 0 Å². The highest BCUT2D eigenvalue weighted by Gasteiger charge is 2.01. The van der Waals surface area contributed by atoms with E-state index in [0.717, 1.165) is 35.3 Å². The Kier molecular flexibility index (Phi) is 5.01. The molecule has 0 fully saturated rings. The van der Waals surface area contributed by atoms with Crippen LogP contribution in [0.1, 0.15) is 26.0 Å². The van der Waals surface area contributed by atoms with E-state index in [0.29, 0.717) is 5.11 Å². The molecule has 1 heterocycles. The second kappa shape index (κ2) is 6.96. The topological polar surface area (TPSA) is 49.3 Å². The zero-order chi connectivity index (χ0) is 14.4. The molecule has 2 N–H and O–H groups in total. The smallest absolute Gasteiger partial charge is 0.186 e. The van der Waals surface area contributed by atoms with Gasteiger partial charge in [-0.3, -0.25) is 5.43 Å². The van der Waals surface area contributed by atoms with E-state index in [9.17, 15) is 0 Å². The zero-order valence-corrected chi connectivity index (χ0v) is 12.5. The van der Waals surface area contributed by atoms with Crippen molar-refractivity contribution in [3.05, 3.63) is 42.1 Å². The van der Waals surface area contributed by atoms with E-state index in [1.54, 1.807) is 0 Å². The SMILES string of the molecule is CCCNC(=S)N/N=C(\C)c1ccc2ccccc2n1. The van der Waals surface area contributed by atoms with E-state index in [-0.39, 0.29) is 0 Å². The molecule has 0 saturated carbocycles. The number of hydrazone groups is 1. The zero-order valence-electron chi connectivity index (χ0n) is 11.7. The van der Waals surface area contributed by atoms with Crippen LogP contribution < -0.4 is 10.7 Å². The van der Waals surface area contributed by atoms with Gasteiger partial charge in [0, 0.05) is 11.9 Å². The number of hydrogen-bond acceptors (Lipinski definition) is 3. The van der Waals surface area contributed by atoms with Gasteiger partial charge in [0.05, 0.1) is 16.9 Å². The summed E-state index contributed by atoms with van der Waals surface area (Å²) >= 11 is 5.12. The van der Waals surface area contributed by atoms with Gasteiger partial charge in [0.15, 0.2) is 5.11 Å². The third-order valence-corrected chi connectivity index (χ3v) is 3.07. The van der Waals surface area contributed by atoms with Crippen molar-refractivity contribution in [3.8, 4) is 0 Å². The Labute approximate surface area is 124 Å². The molecule has 0 aliphatic heterocycles. The highest BCUT2D eigenvalue weighted by molar-refractivity contribution is 7.80. The van der Waals surface area contributed by atoms with E-state index in [1.165, 1.54) is 0 Å². The molecule has 1 aromatic carbocycles. The Bertz CT molecular complexity index is 637. The van der Waals surface area contributed by atoms with Crippen molar-refractivity contribution < 1.29 is 0 Å². The van der Waals surface area contributed by atoms with Crippen molar-refractivity contribution in [2.45, 2.75) is 20.3 Å². The summed E-state index contributed by atoms with van der Waals surface area (Å²) in [5.41, 5.74) is 5.44. The first-order chi connectivity index (χ1) is 9.70. The molecule has 20 heavy (non-hydrogen) atoms. The standard InChI is InChI=1S/C15H18N4S/c1-3-10-16-15(20)19-18-11(2)13-9-8-12-6-4-5-7-14(12)17-13/h4-9H,3,10H2,1-2H3,(H2,16,19,20)/b18-11+. The van der Waals surface area contributed by atoms with E-state index in [1.807, 2.05) is 43.3 Å². The van der Waals surface area contributed by atoms with Crippen molar-refractivity contribution in [2.75, 3.05) is 6.54 Å². The van der Waals surface area contributed by atoms with Gasteiger partial charge in [0.25, 0.3) is 0 Å². The van der Waals surface area contributed by atoms with Gasteiger partial charge in [-0.15, -0.1) is 0 Å². The molecule has 0 amide bonds. The number of thiocarbonyl (C=S) groups is 1. The molecule has 1 aromatic heterocycles. The third-order valence-electron chi connectivity index (χ3n) is 2.83. The summed E-state index contributed by atoms with van der Waals surface area (Å²) in [6.45, 7) is 4.84. The minimum absolute atomic E-state index is 0.534. The average molecular weight is 286 g/mol. The van der Waals surface area contributed by atoms with Gasteiger partial charge in [0.2, 0.25) is 0 Å². The van der Waals surface area contributed by atoms with Crippen LogP contribution in [0.2, 0.25) is 0 Å². The third kappa shape index (κ3) is 3.74. The van der Waals surface area contributed by atoms with Crippen molar-refractivity contribution in [1.29, 1.82) is 0 Å². The summed E-state index contributed by atoms with van der Waals surface area (Å²) in [7, 11) is 0. The molecule has 4 nitrogen and oxygen atoms in total. The molecule has 0 bridgehead atoms. The highest BCUT2D eigenvalue weighted by atomic mass is 32.1. The minimum Gasteiger partial charge on any atom is -0.361 e. The Morgan fingerprint density at radius 3 is 2.85 bits per heavy atom. The lowest BCUT2D eigenvalue weighted by Crippen LogP contribution is -2.33. The monoisotopic (exact) mass is 286 g/mol. The number of fused-ring (bicyclic) bond motifs is 1. The molecule has 0 spiro atoms. The normalized spacial score (nSPS) is 11.4. The predicted molar refractivity (Wildman–Crippen MR) is 88.0 cm³/mol. The van der Waals surface area contributed by atoms with Gasteiger partial charge in [-0.2, -0.15) is 5.10 Å². The first-order valence-electron chi connectivity index (χ1n) is 6.65. The molecule has 0 aliphatic carbocycles. The Morgan fingerprint density at radius 2 is 2.05 bits per heavy atom. The second-order valence-electron chi connectivity index (χ2n) is 4.45. The van der Waals surface area contributed by atoms with Gasteiger partial charge >= 0.3 is 0 Å². The maximum absolute atomic E-state index is 5.12. The fraction of sp³-hybridized carbons (Fsp3) is 0.267. The quantitative estimate of drug-likeness (QED) is 0.515. The number of para-hydroxylation sites is 1. The van der Waals surface area contributed by atoms with E-state index < -0.39 is 0 Å². The molecule has 0 aliphatic rings. The summed E-state index contributed by atoms with van der Waals surface area (Å²) in [5, 5.41) is 8.97. The molecule has 2 aromatic rings. The molecule has 104 valence electrons. The van der Waals surface area contributed by atoms with E-state index >= 15 is 0 Å². The maximum atomic E-state index is 5.12. The Morgan fingerprint density at radius 1 is 1.25 bits per heavy atom. The van der Waals surface area contributed by atoms with Crippen LogP contribution in [0, 0.1) is 0 Å². The number of benzene rings is 1. The summed E-state index contributed by atoms with van der Waals surface area (Å²) in [6, 6.07) is 12.0. The van der Waals surface area contributed by atoms with Crippen molar-refractivity contribution >= 4 is 33.9 Å².